The van der Waals surface area contributed by atoms with Crippen molar-refractivity contribution in [3.8, 4) is 5.75 Å². The van der Waals surface area contributed by atoms with Gasteiger partial charge in [0, 0.05) is 12.5 Å². The standard InChI is InChI=1S/C25H35NO2/c1-3-4-17-25(27,22-13-15-23(28-2)16-14-22)24(21-11-7-5-8-12-21)20-26-18-9-6-10-19-26/h5,7-8,11-16,24,27H,3-4,6,9-10,17-20H2,1-2H3/t24-,25-/m1/s1. The van der Waals surface area contributed by atoms with Crippen LogP contribution in [-0.4, -0.2) is 36.8 Å². The number of benzene rings is 2. The highest BCUT2D eigenvalue weighted by Crippen LogP contribution is 2.42. The average molecular weight is 382 g/mol. The summed E-state index contributed by atoms with van der Waals surface area (Å²) >= 11 is 0. The minimum Gasteiger partial charge on any atom is -0.497 e. The van der Waals surface area contributed by atoms with E-state index >= 15 is 0 Å². The van der Waals surface area contributed by atoms with Crippen molar-refractivity contribution in [2.24, 2.45) is 0 Å². The van der Waals surface area contributed by atoms with Gasteiger partial charge in [0.1, 0.15) is 5.75 Å². The summed E-state index contributed by atoms with van der Waals surface area (Å²) in [5.74, 6) is 0.876. The zero-order valence-electron chi connectivity index (χ0n) is 17.4. The molecule has 3 nitrogen and oxygen atoms in total. The lowest BCUT2D eigenvalue weighted by Crippen LogP contribution is -2.42. The Morgan fingerprint density at radius 1 is 1.00 bits per heavy atom. The normalized spacial score (nSPS) is 18.4. The number of aliphatic hydroxyl groups is 1. The SMILES string of the molecule is CCCC[C@@](O)(c1ccc(OC)cc1)[C@H](CN1CCCCC1)c1ccccc1. The van der Waals surface area contributed by atoms with Crippen LogP contribution in [0.3, 0.4) is 0 Å². The Labute approximate surface area is 170 Å². The van der Waals surface area contributed by atoms with E-state index in [4.69, 9.17) is 4.74 Å². The second-order valence-electron chi connectivity index (χ2n) is 8.08. The van der Waals surface area contributed by atoms with Crippen LogP contribution in [0.4, 0.5) is 0 Å². The van der Waals surface area contributed by atoms with E-state index in [1.54, 1.807) is 7.11 Å². The van der Waals surface area contributed by atoms with Gasteiger partial charge in [-0.3, -0.25) is 0 Å². The Bertz CT molecular complexity index is 694. The summed E-state index contributed by atoms with van der Waals surface area (Å²) in [6, 6.07) is 18.6. The lowest BCUT2D eigenvalue weighted by atomic mass is 9.74. The van der Waals surface area contributed by atoms with Crippen molar-refractivity contribution in [2.75, 3.05) is 26.7 Å². The zero-order chi connectivity index (χ0) is 19.8. The molecule has 1 heterocycles. The van der Waals surface area contributed by atoms with Gasteiger partial charge in [0.25, 0.3) is 0 Å². The number of nitrogens with zero attached hydrogens (tertiary/aromatic N) is 1. The number of unbranched alkanes of at least 4 members (excludes halogenated alkanes) is 1. The van der Waals surface area contributed by atoms with E-state index in [2.05, 4.69) is 42.2 Å². The van der Waals surface area contributed by atoms with Crippen molar-refractivity contribution in [3.05, 3.63) is 65.7 Å². The topological polar surface area (TPSA) is 32.7 Å². The number of rotatable bonds is 9. The first-order valence-electron chi connectivity index (χ1n) is 10.8. The van der Waals surface area contributed by atoms with Crippen LogP contribution in [0.25, 0.3) is 0 Å². The van der Waals surface area contributed by atoms with E-state index in [1.807, 2.05) is 24.3 Å². The lowest BCUT2D eigenvalue weighted by Gasteiger charge is -2.41. The number of ether oxygens (including phenoxy) is 1. The fraction of sp³-hybridized carbons (Fsp3) is 0.520. The molecule has 0 bridgehead atoms. The highest BCUT2D eigenvalue weighted by Gasteiger charge is 2.40. The fourth-order valence-corrected chi connectivity index (χ4v) is 4.46. The van der Waals surface area contributed by atoms with Gasteiger partial charge < -0.3 is 14.7 Å². The number of hydrogen-bond donors (Lipinski definition) is 1. The van der Waals surface area contributed by atoms with E-state index in [0.717, 1.165) is 50.2 Å². The maximum atomic E-state index is 12.2. The summed E-state index contributed by atoms with van der Waals surface area (Å²) in [7, 11) is 1.68. The van der Waals surface area contributed by atoms with Gasteiger partial charge in [0.2, 0.25) is 0 Å². The molecule has 0 spiro atoms. The van der Waals surface area contributed by atoms with Crippen LogP contribution >= 0.6 is 0 Å². The highest BCUT2D eigenvalue weighted by atomic mass is 16.5. The summed E-state index contributed by atoms with van der Waals surface area (Å²) in [6.07, 6.45) is 6.69. The monoisotopic (exact) mass is 381 g/mol. The third kappa shape index (κ3) is 4.95. The maximum Gasteiger partial charge on any atom is 0.118 e. The van der Waals surface area contributed by atoms with Gasteiger partial charge in [-0.1, -0.05) is 68.7 Å². The van der Waals surface area contributed by atoms with Crippen LogP contribution in [0.2, 0.25) is 0 Å². The predicted molar refractivity (Wildman–Crippen MR) is 116 cm³/mol. The molecule has 28 heavy (non-hydrogen) atoms. The number of likely N-dealkylation sites (tertiary alicyclic amines) is 1. The molecule has 2 aromatic rings. The number of methoxy groups -OCH3 is 1. The average Bonchev–Trinajstić information content (AvgIpc) is 2.77. The summed E-state index contributed by atoms with van der Waals surface area (Å²) in [4.78, 5) is 2.54. The molecular formula is C25H35NO2. The van der Waals surface area contributed by atoms with Gasteiger partial charge in [-0.2, -0.15) is 0 Å². The van der Waals surface area contributed by atoms with Crippen LogP contribution in [0.5, 0.6) is 5.75 Å². The summed E-state index contributed by atoms with van der Waals surface area (Å²) in [5.41, 5.74) is 1.33. The van der Waals surface area contributed by atoms with Crippen molar-refractivity contribution in [1.82, 2.24) is 4.90 Å². The molecule has 0 aliphatic carbocycles. The minimum atomic E-state index is -0.888. The molecule has 3 rings (SSSR count). The molecule has 2 aromatic carbocycles. The van der Waals surface area contributed by atoms with E-state index in [-0.39, 0.29) is 5.92 Å². The molecule has 1 fully saturated rings. The molecule has 1 aliphatic rings. The predicted octanol–water partition coefficient (Wildman–Crippen LogP) is 5.34. The van der Waals surface area contributed by atoms with Crippen LogP contribution in [0, 0.1) is 0 Å². The molecule has 0 amide bonds. The van der Waals surface area contributed by atoms with Crippen LogP contribution in [0.1, 0.15) is 62.5 Å². The number of piperidine rings is 1. The van der Waals surface area contributed by atoms with Crippen molar-refractivity contribution in [3.63, 3.8) is 0 Å². The smallest absolute Gasteiger partial charge is 0.118 e. The zero-order valence-corrected chi connectivity index (χ0v) is 17.4. The van der Waals surface area contributed by atoms with Crippen molar-refractivity contribution in [1.29, 1.82) is 0 Å². The molecule has 3 heteroatoms. The summed E-state index contributed by atoms with van der Waals surface area (Å²) in [6.45, 7) is 5.36. The Balaban J connectivity index is 1.98. The molecule has 1 saturated heterocycles. The molecule has 1 aliphatic heterocycles. The molecule has 2 atom stereocenters. The first kappa shape index (κ1) is 20.9. The van der Waals surface area contributed by atoms with E-state index < -0.39 is 5.60 Å². The van der Waals surface area contributed by atoms with Gasteiger partial charge in [-0.25, -0.2) is 0 Å². The summed E-state index contributed by atoms with van der Waals surface area (Å²) in [5, 5.41) is 12.2. The second kappa shape index (κ2) is 10.1. The van der Waals surface area contributed by atoms with Crippen molar-refractivity contribution in [2.45, 2.75) is 57.0 Å². The molecule has 152 valence electrons. The third-order valence-electron chi connectivity index (χ3n) is 6.17. The summed E-state index contributed by atoms with van der Waals surface area (Å²) < 4.78 is 5.34. The Morgan fingerprint density at radius 3 is 2.29 bits per heavy atom. The van der Waals surface area contributed by atoms with Gasteiger partial charge >= 0.3 is 0 Å². The van der Waals surface area contributed by atoms with E-state index in [0.29, 0.717) is 0 Å². The van der Waals surface area contributed by atoms with E-state index in [1.165, 1.54) is 24.8 Å². The first-order chi connectivity index (χ1) is 13.7. The lowest BCUT2D eigenvalue weighted by molar-refractivity contribution is -0.0164. The van der Waals surface area contributed by atoms with Gasteiger partial charge in [-0.05, 0) is 55.6 Å². The first-order valence-corrected chi connectivity index (χ1v) is 10.8. The van der Waals surface area contributed by atoms with Gasteiger partial charge in [-0.15, -0.1) is 0 Å². The van der Waals surface area contributed by atoms with Gasteiger partial charge in [0.05, 0.1) is 12.7 Å². The molecule has 0 radical (unpaired) electrons. The molecule has 0 unspecified atom stereocenters. The van der Waals surface area contributed by atoms with Crippen LogP contribution in [0.15, 0.2) is 54.6 Å². The Kier molecular flexibility index (Phi) is 7.52. The van der Waals surface area contributed by atoms with Crippen molar-refractivity contribution >= 4 is 0 Å². The van der Waals surface area contributed by atoms with Crippen molar-refractivity contribution < 1.29 is 9.84 Å². The van der Waals surface area contributed by atoms with E-state index in [9.17, 15) is 5.11 Å². The van der Waals surface area contributed by atoms with Gasteiger partial charge in [0.15, 0.2) is 0 Å². The minimum absolute atomic E-state index is 0.0479. The molecule has 0 saturated carbocycles. The molecule has 1 N–H and O–H groups in total. The Morgan fingerprint density at radius 2 is 1.68 bits per heavy atom. The quantitative estimate of drug-likeness (QED) is 0.636. The fourth-order valence-electron chi connectivity index (χ4n) is 4.46. The second-order valence-corrected chi connectivity index (χ2v) is 8.08. The molecule has 0 aromatic heterocycles. The largest absolute Gasteiger partial charge is 0.497 e. The number of hydrogen-bond acceptors (Lipinski definition) is 3. The third-order valence-corrected chi connectivity index (χ3v) is 6.17. The molecular weight excluding hydrogens is 346 g/mol. The maximum absolute atomic E-state index is 12.2. The highest BCUT2D eigenvalue weighted by molar-refractivity contribution is 5.35. The Hall–Kier alpha value is -1.84. The van der Waals surface area contributed by atoms with Crippen LogP contribution < -0.4 is 4.74 Å². The van der Waals surface area contributed by atoms with Crippen LogP contribution in [-0.2, 0) is 5.60 Å².